The van der Waals surface area contributed by atoms with Gasteiger partial charge in [0, 0.05) is 17.5 Å². The van der Waals surface area contributed by atoms with Crippen LogP contribution < -0.4 is 5.32 Å². The van der Waals surface area contributed by atoms with E-state index in [1.165, 1.54) is 35.2 Å². The second-order valence-electron chi connectivity index (χ2n) is 5.60. The molecule has 136 valence electrons. The number of carbonyl (C=O) groups is 1. The van der Waals surface area contributed by atoms with E-state index in [1.807, 2.05) is 30.7 Å². The van der Waals surface area contributed by atoms with Gasteiger partial charge in [0.2, 0.25) is 5.91 Å². The first kappa shape index (κ1) is 18.5. The summed E-state index contributed by atoms with van der Waals surface area (Å²) in [4.78, 5) is 16.6. The van der Waals surface area contributed by atoms with Crippen molar-refractivity contribution in [1.29, 1.82) is 0 Å². The summed E-state index contributed by atoms with van der Waals surface area (Å²) in [7, 11) is 0. The summed E-state index contributed by atoms with van der Waals surface area (Å²) in [5.41, 5.74) is 1.66. The zero-order chi connectivity index (χ0) is 18.7. The fourth-order valence-corrected chi connectivity index (χ4v) is 3.91. The molecular weight excluding hydrogens is 373 g/mol. The zero-order valence-corrected chi connectivity index (χ0v) is 16.2. The Balaban J connectivity index is 1.75. The van der Waals surface area contributed by atoms with Crippen LogP contribution >= 0.6 is 23.1 Å². The Morgan fingerprint density at radius 2 is 2.08 bits per heavy atom. The monoisotopic (exact) mass is 391 g/mol. The molecule has 0 bridgehead atoms. The molecular formula is C17H18FN5OS2. The van der Waals surface area contributed by atoms with Crippen molar-refractivity contribution in [1.82, 2.24) is 19.7 Å². The van der Waals surface area contributed by atoms with E-state index in [-0.39, 0.29) is 17.0 Å². The minimum atomic E-state index is -0.366. The van der Waals surface area contributed by atoms with Crippen LogP contribution in [0.5, 0.6) is 0 Å². The highest BCUT2D eigenvalue weighted by Crippen LogP contribution is 2.27. The van der Waals surface area contributed by atoms with E-state index in [2.05, 4.69) is 20.5 Å². The number of thiazole rings is 1. The molecule has 0 aliphatic rings. The predicted octanol–water partition coefficient (Wildman–Crippen LogP) is 3.99. The van der Waals surface area contributed by atoms with Gasteiger partial charge in [0.05, 0.1) is 10.9 Å². The second-order valence-corrected chi connectivity index (χ2v) is 7.77. The number of anilines is 1. The van der Waals surface area contributed by atoms with Crippen molar-refractivity contribution >= 4 is 34.1 Å². The number of halogens is 1. The summed E-state index contributed by atoms with van der Waals surface area (Å²) in [6.45, 7) is 6.31. The Kier molecular flexibility index (Phi) is 5.67. The standard InChI is InChI=1S/C17H18FN5OS2/c1-4-23-14(12-5-7-13(18)8-6-12)21-22-17(23)26-11(3)15(24)20-16-19-10(2)9-25-16/h5-9,11H,4H2,1-3H3,(H,19,20,24)/t11-/m1/s1. The first-order valence-electron chi connectivity index (χ1n) is 8.06. The SMILES string of the molecule is CCn1c(S[C@H](C)C(=O)Nc2nc(C)cs2)nnc1-c1ccc(F)cc1. The highest BCUT2D eigenvalue weighted by atomic mass is 32.2. The van der Waals surface area contributed by atoms with Gasteiger partial charge in [-0.15, -0.1) is 21.5 Å². The minimum Gasteiger partial charge on any atom is -0.302 e. The van der Waals surface area contributed by atoms with Gasteiger partial charge in [0.25, 0.3) is 0 Å². The Morgan fingerprint density at radius 1 is 1.35 bits per heavy atom. The van der Waals surface area contributed by atoms with Gasteiger partial charge >= 0.3 is 0 Å². The van der Waals surface area contributed by atoms with E-state index in [9.17, 15) is 9.18 Å². The molecule has 3 rings (SSSR count). The number of hydrogen-bond donors (Lipinski definition) is 1. The van der Waals surface area contributed by atoms with Crippen LogP contribution in [0, 0.1) is 12.7 Å². The first-order valence-corrected chi connectivity index (χ1v) is 9.82. The Bertz CT molecular complexity index is 906. The smallest absolute Gasteiger partial charge is 0.239 e. The van der Waals surface area contributed by atoms with Crippen molar-refractivity contribution in [3.05, 3.63) is 41.2 Å². The van der Waals surface area contributed by atoms with Gasteiger partial charge in [-0.25, -0.2) is 9.37 Å². The van der Waals surface area contributed by atoms with Crippen molar-refractivity contribution in [2.24, 2.45) is 0 Å². The molecule has 6 nitrogen and oxygen atoms in total. The maximum Gasteiger partial charge on any atom is 0.239 e. The maximum atomic E-state index is 13.1. The Hall–Kier alpha value is -2.26. The minimum absolute atomic E-state index is 0.140. The molecule has 3 aromatic rings. The van der Waals surface area contributed by atoms with Crippen LogP contribution in [0.15, 0.2) is 34.8 Å². The van der Waals surface area contributed by atoms with Crippen LogP contribution in [0.25, 0.3) is 11.4 Å². The number of hydrogen-bond acceptors (Lipinski definition) is 6. The number of aryl methyl sites for hydroxylation is 1. The highest BCUT2D eigenvalue weighted by molar-refractivity contribution is 8.00. The fourth-order valence-electron chi connectivity index (χ4n) is 2.30. The van der Waals surface area contributed by atoms with Gasteiger partial charge in [0.1, 0.15) is 5.82 Å². The fraction of sp³-hybridized carbons (Fsp3) is 0.294. The predicted molar refractivity (Wildman–Crippen MR) is 102 cm³/mol. The molecule has 1 aromatic carbocycles. The molecule has 2 aromatic heterocycles. The third-order valence-electron chi connectivity index (χ3n) is 3.64. The molecule has 0 unspecified atom stereocenters. The number of carbonyl (C=O) groups excluding carboxylic acids is 1. The second kappa shape index (κ2) is 7.96. The van der Waals surface area contributed by atoms with Crippen LogP contribution in [-0.4, -0.2) is 30.9 Å². The number of rotatable bonds is 6. The summed E-state index contributed by atoms with van der Waals surface area (Å²) in [5.74, 6) is 0.213. The largest absolute Gasteiger partial charge is 0.302 e. The molecule has 26 heavy (non-hydrogen) atoms. The Morgan fingerprint density at radius 3 is 2.69 bits per heavy atom. The molecule has 0 saturated heterocycles. The summed E-state index contributed by atoms with van der Waals surface area (Å²) in [6, 6.07) is 6.12. The van der Waals surface area contributed by atoms with Crippen molar-refractivity contribution in [2.75, 3.05) is 5.32 Å². The average molecular weight is 391 g/mol. The molecule has 0 fully saturated rings. The molecule has 0 aliphatic heterocycles. The van der Waals surface area contributed by atoms with Crippen LogP contribution in [0.3, 0.4) is 0 Å². The number of benzene rings is 1. The molecule has 0 saturated carbocycles. The highest BCUT2D eigenvalue weighted by Gasteiger charge is 2.21. The lowest BCUT2D eigenvalue weighted by atomic mass is 10.2. The molecule has 1 N–H and O–H groups in total. The van der Waals surface area contributed by atoms with Crippen molar-refractivity contribution in [3.63, 3.8) is 0 Å². The quantitative estimate of drug-likeness (QED) is 0.643. The van der Waals surface area contributed by atoms with Crippen LogP contribution in [0.2, 0.25) is 0 Å². The number of thioether (sulfide) groups is 1. The molecule has 1 amide bonds. The van der Waals surface area contributed by atoms with Gasteiger partial charge < -0.3 is 9.88 Å². The van der Waals surface area contributed by atoms with Gasteiger partial charge in [0.15, 0.2) is 16.1 Å². The number of aromatic nitrogens is 4. The lowest BCUT2D eigenvalue weighted by molar-refractivity contribution is -0.115. The Labute approximate surface area is 158 Å². The van der Waals surface area contributed by atoms with E-state index in [4.69, 9.17) is 0 Å². The molecule has 0 spiro atoms. The average Bonchev–Trinajstić information content (AvgIpc) is 3.21. The summed E-state index contributed by atoms with van der Waals surface area (Å²) >= 11 is 2.72. The van der Waals surface area contributed by atoms with E-state index in [1.54, 1.807) is 12.1 Å². The van der Waals surface area contributed by atoms with E-state index >= 15 is 0 Å². The lowest BCUT2D eigenvalue weighted by Crippen LogP contribution is -2.22. The number of amides is 1. The van der Waals surface area contributed by atoms with E-state index < -0.39 is 0 Å². The van der Waals surface area contributed by atoms with E-state index in [0.29, 0.717) is 22.7 Å². The topological polar surface area (TPSA) is 72.7 Å². The molecule has 0 aliphatic carbocycles. The molecule has 2 heterocycles. The normalized spacial score (nSPS) is 12.2. The van der Waals surface area contributed by atoms with Gasteiger partial charge in [-0.2, -0.15) is 0 Å². The zero-order valence-electron chi connectivity index (χ0n) is 14.6. The van der Waals surface area contributed by atoms with Gasteiger partial charge in [-0.05, 0) is 45.0 Å². The number of nitrogens with one attached hydrogen (secondary N) is 1. The van der Waals surface area contributed by atoms with Crippen LogP contribution in [0.4, 0.5) is 9.52 Å². The molecule has 0 radical (unpaired) electrons. The van der Waals surface area contributed by atoms with Gasteiger partial charge in [-0.3, -0.25) is 4.79 Å². The number of nitrogens with zero attached hydrogens (tertiary/aromatic N) is 4. The van der Waals surface area contributed by atoms with Crippen LogP contribution in [0.1, 0.15) is 19.5 Å². The van der Waals surface area contributed by atoms with Gasteiger partial charge in [-0.1, -0.05) is 11.8 Å². The van der Waals surface area contributed by atoms with Crippen LogP contribution in [-0.2, 0) is 11.3 Å². The maximum absolute atomic E-state index is 13.1. The summed E-state index contributed by atoms with van der Waals surface area (Å²) in [5, 5.41) is 14.0. The first-order chi connectivity index (χ1) is 12.5. The van der Waals surface area contributed by atoms with Crippen molar-refractivity contribution in [3.8, 4) is 11.4 Å². The molecule has 9 heteroatoms. The molecule has 1 atom stereocenters. The lowest BCUT2D eigenvalue weighted by Gasteiger charge is -2.11. The third-order valence-corrected chi connectivity index (χ3v) is 5.59. The third kappa shape index (κ3) is 4.10. The summed E-state index contributed by atoms with van der Waals surface area (Å²) in [6.07, 6.45) is 0. The van der Waals surface area contributed by atoms with Crippen molar-refractivity contribution < 1.29 is 9.18 Å². The van der Waals surface area contributed by atoms with E-state index in [0.717, 1.165) is 11.3 Å². The summed E-state index contributed by atoms with van der Waals surface area (Å²) < 4.78 is 15.0. The van der Waals surface area contributed by atoms with Crippen molar-refractivity contribution in [2.45, 2.75) is 37.7 Å².